The molecule has 0 aromatic heterocycles. The number of nitrogens with one attached hydrogen (secondary N) is 1. The first-order valence-corrected chi connectivity index (χ1v) is 13.9. The summed E-state index contributed by atoms with van der Waals surface area (Å²) in [6.45, 7) is 4.21. The van der Waals surface area contributed by atoms with Gasteiger partial charge in [-0.1, -0.05) is 83.4 Å². The average Bonchev–Trinajstić information content (AvgIpc) is 3.23. The van der Waals surface area contributed by atoms with E-state index < -0.39 is 0 Å². The fourth-order valence-corrected chi connectivity index (χ4v) is 6.60. The second-order valence-corrected chi connectivity index (χ2v) is 11.2. The van der Waals surface area contributed by atoms with Gasteiger partial charge in [0.25, 0.3) is 5.91 Å². The number of benzene rings is 3. The molecule has 2 atom stereocenters. The van der Waals surface area contributed by atoms with E-state index in [1.165, 1.54) is 16.7 Å². The Labute approximate surface area is 230 Å². The molecule has 1 spiro atoms. The van der Waals surface area contributed by atoms with Gasteiger partial charge in [-0.25, -0.2) is 0 Å². The number of allylic oxidation sites excluding steroid dienone is 1. The second kappa shape index (κ2) is 11.0. The average molecular weight is 534 g/mol. The number of hydrogen-bond acceptors (Lipinski definition) is 2. The van der Waals surface area contributed by atoms with E-state index in [4.69, 9.17) is 23.2 Å². The first-order chi connectivity index (χ1) is 17.9. The highest BCUT2D eigenvalue weighted by Gasteiger charge is 2.42. The van der Waals surface area contributed by atoms with Crippen molar-refractivity contribution in [3.05, 3.63) is 111 Å². The van der Waals surface area contributed by atoms with E-state index in [-0.39, 0.29) is 23.3 Å². The van der Waals surface area contributed by atoms with Gasteiger partial charge in [0.15, 0.2) is 0 Å². The third kappa shape index (κ3) is 5.10. The number of carbonyl (C=O) groups is 1. The quantitative estimate of drug-likeness (QED) is 0.337. The van der Waals surface area contributed by atoms with Gasteiger partial charge in [-0.3, -0.25) is 4.79 Å². The summed E-state index contributed by atoms with van der Waals surface area (Å²) in [5.41, 5.74) is 6.28. The Balaban J connectivity index is 1.44. The van der Waals surface area contributed by atoms with Crippen molar-refractivity contribution in [3.8, 4) is 0 Å². The lowest BCUT2D eigenvalue weighted by atomic mass is 9.68. The summed E-state index contributed by atoms with van der Waals surface area (Å²) in [6.07, 6.45) is 6.55. The van der Waals surface area contributed by atoms with Crippen molar-refractivity contribution in [3.63, 3.8) is 0 Å². The molecule has 2 aliphatic rings. The normalized spacial score (nSPS) is 17.7. The maximum Gasteiger partial charge on any atom is 0.253 e. The molecule has 1 N–H and O–H groups in total. The predicted octanol–water partition coefficient (Wildman–Crippen LogP) is 7.74. The van der Waals surface area contributed by atoms with E-state index >= 15 is 0 Å². The van der Waals surface area contributed by atoms with Gasteiger partial charge in [-0.05, 0) is 86.7 Å². The minimum absolute atomic E-state index is 0.0282. The molecule has 5 heteroatoms. The molecule has 192 valence electrons. The maximum atomic E-state index is 13.4. The fourth-order valence-electron chi connectivity index (χ4n) is 6.29. The van der Waals surface area contributed by atoms with Crippen molar-refractivity contribution in [2.75, 3.05) is 20.1 Å². The summed E-state index contributed by atoms with van der Waals surface area (Å²) in [7, 11) is 1.91. The Bertz CT molecular complexity index is 1300. The van der Waals surface area contributed by atoms with E-state index in [9.17, 15) is 4.79 Å². The van der Waals surface area contributed by atoms with Crippen molar-refractivity contribution < 1.29 is 4.79 Å². The minimum atomic E-state index is -0.0294. The summed E-state index contributed by atoms with van der Waals surface area (Å²) >= 11 is 12.8. The Morgan fingerprint density at radius 2 is 1.68 bits per heavy atom. The first kappa shape index (κ1) is 26.0. The molecule has 0 saturated carbocycles. The summed E-state index contributed by atoms with van der Waals surface area (Å²) in [5.74, 6) is 0.135. The van der Waals surface area contributed by atoms with Crippen LogP contribution < -0.4 is 5.32 Å². The molecule has 0 radical (unpaired) electrons. The summed E-state index contributed by atoms with van der Waals surface area (Å²) in [6, 6.07) is 24.3. The van der Waals surface area contributed by atoms with Gasteiger partial charge in [0.2, 0.25) is 0 Å². The van der Waals surface area contributed by atoms with Crippen LogP contribution in [0.2, 0.25) is 10.0 Å². The molecule has 1 amide bonds. The van der Waals surface area contributed by atoms with Gasteiger partial charge < -0.3 is 10.2 Å². The van der Waals surface area contributed by atoms with E-state index in [1.54, 1.807) is 0 Å². The molecule has 1 unspecified atom stereocenters. The third-order valence-corrected chi connectivity index (χ3v) is 9.25. The zero-order valence-corrected chi connectivity index (χ0v) is 23.0. The highest BCUT2D eigenvalue weighted by atomic mass is 35.5. The maximum absolute atomic E-state index is 13.4. The molecular formula is C32H34Cl2N2O. The molecule has 1 aliphatic carbocycles. The molecule has 3 aromatic rings. The van der Waals surface area contributed by atoms with Crippen LogP contribution in [0.5, 0.6) is 0 Å². The van der Waals surface area contributed by atoms with Crippen LogP contribution in [-0.2, 0) is 5.41 Å². The van der Waals surface area contributed by atoms with E-state index in [1.807, 2.05) is 54.4 Å². The van der Waals surface area contributed by atoms with Crippen molar-refractivity contribution in [1.82, 2.24) is 10.2 Å². The lowest BCUT2D eigenvalue weighted by Gasteiger charge is -2.39. The van der Waals surface area contributed by atoms with Gasteiger partial charge in [0, 0.05) is 30.0 Å². The fraction of sp³-hybridized carbons (Fsp3) is 0.344. The van der Waals surface area contributed by atoms with Crippen LogP contribution >= 0.6 is 23.2 Å². The van der Waals surface area contributed by atoms with Gasteiger partial charge in [0.05, 0.1) is 10.0 Å². The van der Waals surface area contributed by atoms with Crippen molar-refractivity contribution >= 4 is 35.2 Å². The first-order valence-electron chi connectivity index (χ1n) is 13.2. The Hall–Kier alpha value is -2.59. The molecule has 3 aromatic carbocycles. The molecule has 1 fully saturated rings. The van der Waals surface area contributed by atoms with E-state index in [2.05, 4.69) is 48.6 Å². The van der Waals surface area contributed by atoms with Crippen LogP contribution in [0, 0.1) is 0 Å². The number of amides is 1. The lowest BCUT2D eigenvalue weighted by Crippen LogP contribution is -2.41. The standard InChI is InChI=1S/C32H34Cl2N2O/c1-22(36(2)31(37)23-8-4-3-5-9-23)27(24-12-15-29(33)30(34)21-24)14-13-26-20-25-10-6-7-11-28(25)32(26)16-18-35-19-17-32/h3-12,15,20-22,27,35H,13-14,16-19H2,1-2H3/t22?,27-/m1/s1. The van der Waals surface area contributed by atoms with Crippen LogP contribution in [-0.4, -0.2) is 37.0 Å². The Kier molecular flexibility index (Phi) is 7.76. The molecule has 1 saturated heterocycles. The number of likely N-dealkylation sites (N-methyl/N-ethyl adjacent to an activating group) is 1. The number of piperidine rings is 1. The van der Waals surface area contributed by atoms with Crippen LogP contribution in [0.25, 0.3) is 6.08 Å². The number of hydrogen-bond donors (Lipinski definition) is 1. The number of carbonyl (C=O) groups excluding carboxylic acids is 1. The van der Waals surface area contributed by atoms with Gasteiger partial charge in [-0.15, -0.1) is 0 Å². The predicted molar refractivity (Wildman–Crippen MR) is 155 cm³/mol. The lowest BCUT2D eigenvalue weighted by molar-refractivity contribution is 0.0719. The SMILES string of the molecule is CC([C@@H](CCC1=Cc2ccccc2C12CCNCC2)c1ccc(Cl)c(Cl)c1)N(C)C(=O)c1ccccc1. The smallest absolute Gasteiger partial charge is 0.253 e. The number of nitrogens with zero attached hydrogens (tertiary/aromatic N) is 1. The van der Waals surface area contributed by atoms with Crippen LogP contribution in [0.4, 0.5) is 0 Å². The number of rotatable bonds is 7. The Morgan fingerprint density at radius 1 is 0.973 bits per heavy atom. The van der Waals surface area contributed by atoms with Crippen molar-refractivity contribution in [2.24, 2.45) is 0 Å². The third-order valence-electron chi connectivity index (χ3n) is 8.51. The molecule has 0 bridgehead atoms. The monoisotopic (exact) mass is 532 g/mol. The topological polar surface area (TPSA) is 32.3 Å². The molecule has 3 nitrogen and oxygen atoms in total. The highest BCUT2D eigenvalue weighted by molar-refractivity contribution is 6.42. The summed E-state index contributed by atoms with van der Waals surface area (Å²) < 4.78 is 0. The number of halogens is 2. The zero-order chi connectivity index (χ0) is 26.0. The van der Waals surface area contributed by atoms with E-state index in [0.29, 0.717) is 15.6 Å². The van der Waals surface area contributed by atoms with E-state index in [0.717, 1.165) is 44.3 Å². The highest BCUT2D eigenvalue weighted by Crippen LogP contribution is 2.50. The van der Waals surface area contributed by atoms with Crippen LogP contribution in [0.15, 0.2) is 78.4 Å². The van der Waals surface area contributed by atoms with Crippen molar-refractivity contribution in [2.45, 2.75) is 50.0 Å². The van der Waals surface area contributed by atoms with Crippen LogP contribution in [0.3, 0.4) is 0 Å². The molecule has 1 aliphatic heterocycles. The van der Waals surface area contributed by atoms with Gasteiger partial charge in [-0.2, -0.15) is 0 Å². The summed E-state index contributed by atoms with van der Waals surface area (Å²) in [4.78, 5) is 15.2. The van der Waals surface area contributed by atoms with Crippen LogP contribution in [0.1, 0.15) is 65.6 Å². The molecule has 1 heterocycles. The molecule has 5 rings (SSSR count). The second-order valence-electron chi connectivity index (χ2n) is 10.4. The molecular weight excluding hydrogens is 499 g/mol. The zero-order valence-electron chi connectivity index (χ0n) is 21.5. The molecule has 37 heavy (non-hydrogen) atoms. The minimum Gasteiger partial charge on any atom is -0.338 e. The largest absolute Gasteiger partial charge is 0.338 e. The van der Waals surface area contributed by atoms with Gasteiger partial charge >= 0.3 is 0 Å². The van der Waals surface area contributed by atoms with Crippen molar-refractivity contribution in [1.29, 1.82) is 0 Å². The Morgan fingerprint density at radius 3 is 2.41 bits per heavy atom. The van der Waals surface area contributed by atoms with Gasteiger partial charge in [0.1, 0.15) is 0 Å². The summed E-state index contributed by atoms with van der Waals surface area (Å²) in [5, 5.41) is 4.65. The number of fused-ring (bicyclic) bond motifs is 2.